The van der Waals surface area contributed by atoms with Gasteiger partial charge in [0.05, 0.1) is 25.3 Å². The summed E-state index contributed by atoms with van der Waals surface area (Å²) in [7, 11) is 1.59. The van der Waals surface area contributed by atoms with Crippen molar-refractivity contribution in [1.82, 2.24) is 4.90 Å². The van der Waals surface area contributed by atoms with Gasteiger partial charge in [0, 0.05) is 6.54 Å². The van der Waals surface area contributed by atoms with Gasteiger partial charge in [0.15, 0.2) is 0 Å². The van der Waals surface area contributed by atoms with Gasteiger partial charge in [0.25, 0.3) is 5.91 Å². The van der Waals surface area contributed by atoms with Crippen molar-refractivity contribution in [2.24, 2.45) is 0 Å². The molecule has 0 bridgehead atoms. The van der Waals surface area contributed by atoms with Crippen LogP contribution < -0.4 is 4.74 Å². The number of hydrogen-bond acceptors (Lipinski definition) is 3. The van der Waals surface area contributed by atoms with E-state index in [1.165, 1.54) is 12.1 Å². The molecule has 3 rings (SSSR count). The molecular weight excluding hydrogens is 309 g/mol. The SMILES string of the molecule is COc1ccc(-c2ccc(C(=O)N3CCC[C@@H]3CO)c(F)c2)cc1. The molecule has 0 unspecified atom stereocenters. The molecule has 5 heteroatoms. The van der Waals surface area contributed by atoms with Gasteiger partial charge in [-0.1, -0.05) is 18.2 Å². The maximum absolute atomic E-state index is 14.5. The Balaban J connectivity index is 1.85. The van der Waals surface area contributed by atoms with Gasteiger partial charge in [0.1, 0.15) is 11.6 Å². The Bertz CT molecular complexity index is 730. The molecular formula is C19H20FNO3. The van der Waals surface area contributed by atoms with E-state index in [0.29, 0.717) is 12.1 Å². The molecule has 0 aromatic heterocycles. The number of methoxy groups -OCH3 is 1. The van der Waals surface area contributed by atoms with E-state index >= 15 is 0 Å². The van der Waals surface area contributed by atoms with Gasteiger partial charge in [-0.2, -0.15) is 0 Å². The number of benzene rings is 2. The summed E-state index contributed by atoms with van der Waals surface area (Å²) in [5, 5.41) is 9.34. The average Bonchev–Trinajstić information content (AvgIpc) is 3.10. The van der Waals surface area contributed by atoms with Crippen molar-refractivity contribution in [2.45, 2.75) is 18.9 Å². The number of carbonyl (C=O) groups excluding carboxylic acids is 1. The molecule has 0 saturated carbocycles. The first-order chi connectivity index (χ1) is 11.6. The monoisotopic (exact) mass is 329 g/mol. The van der Waals surface area contributed by atoms with E-state index in [-0.39, 0.29) is 24.1 Å². The lowest BCUT2D eigenvalue weighted by Crippen LogP contribution is -2.38. The average molecular weight is 329 g/mol. The number of carbonyl (C=O) groups is 1. The van der Waals surface area contributed by atoms with Crippen molar-refractivity contribution in [3.63, 3.8) is 0 Å². The Kier molecular flexibility index (Phi) is 4.81. The predicted octanol–water partition coefficient (Wildman–Crippen LogP) is 3.10. The summed E-state index contributed by atoms with van der Waals surface area (Å²) in [6.45, 7) is 0.473. The summed E-state index contributed by atoms with van der Waals surface area (Å²) in [6, 6.07) is 11.7. The molecule has 2 aromatic carbocycles. The zero-order chi connectivity index (χ0) is 17.1. The van der Waals surface area contributed by atoms with Crippen LogP contribution in [0.2, 0.25) is 0 Å². The molecule has 2 aromatic rings. The smallest absolute Gasteiger partial charge is 0.257 e. The number of likely N-dealkylation sites (tertiary alicyclic amines) is 1. The van der Waals surface area contributed by atoms with Crippen molar-refractivity contribution in [3.8, 4) is 16.9 Å². The zero-order valence-electron chi connectivity index (χ0n) is 13.5. The lowest BCUT2D eigenvalue weighted by Gasteiger charge is -2.23. The van der Waals surface area contributed by atoms with Crippen molar-refractivity contribution in [2.75, 3.05) is 20.3 Å². The summed E-state index contributed by atoms with van der Waals surface area (Å²) >= 11 is 0. The minimum absolute atomic E-state index is 0.0487. The van der Waals surface area contributed by atoms with Crippen LogP contribution in [-0.2, 0) is 0 Å². The first-order valence-corrected chi connectivity index (χ1v) is 8.00. The number of rotatable bonds is 4. The van der Waals surface area contributed by atoms with E-state index in [0.717, 1.165) is 24.2 Å². The van der Waals surface area contributed by atoms with E-state index in [9.17, 15) is 14.3 Å². The number of nitrogens with zero attached hydrogens (tertiary/aromatic N) is 1. The highest BCUT2D eigenvalue weighted by Crippen LogP contribution is 2.26. The quantitative estimate of drug-likeness (QED) is 0.938. The summed E-state index contributed by atoms with van der Waals surface area (Å²) in [5.41, 5.74) is 1.60. The van der Waals surface area contributed by atoms with Crippen LogP contribution in [0.4, 0.5) is 4.39 Å². The molecule has 0 aliphatic carbocycles. The van der Waals surface area contributed by atoms with Crippen LogP contribution in [-0.4, -0.2) is 42.2 Å². The molecule has 126 valence electrons. The Morgan fingerprint density at radius 3 is 2.58 bits per heavy atom. The normalized spacial score (nSPS) is 17.1. The number of aliphatic hydroxyl groups is 1. The summed E-state index contributed by atoms with van der Waals surface area (Å²) in [4.78, 5) is 14.1. The van der Waals surface area contributed by atoms with Gasteiger partial charge in [-0.25, -0.2) is 4.39 Å². The molecule has 1 atom stereocenters. The second-order valence-electron chi connectivity index (χ2n) is 5.90. The summed E-state index contributed by atoms with van der Waals surface area (Å²) in [5.74, 6) is -0.169. The van der Waals surface area contributed by atoms with Crippen molar-refractivity contribution in [3.05, 3.63) is 53.8 Å². The third-order valence-corrected chi connectivity index (χ3v) is 4.47. The standard InChI is InChI=1S/C19H20FNO3/c1-24-16-7-4-13(5-8-16)14-6-9-17(18(20)11-14)19(23)21-10-2-3-15(21)12-22/h4-9,11,15,22H,2-3,10,12H2,1H3/t15-/m1/s1. The Hall–Kier alpha value is -2.40. The minimum Gasteiger partial charge on any atom is -0.497 e. The molecule has 1 heterocycles. The highest BCUT2D eigenvalue weighted by molar-refractivity contribution is 5.95. The van der Waals surface area contributed by atoms with Crippen LogP contribution >= 0.6 is 0 Å². The van der Waals surface area contributed by atoms with Crippen molar-refractivity contribution >= 4 is 5.91 Å². The van der Waals surface area contributed by atoms with Crippen LogP contribution in [0, 0.1) is 5.82 Å². The summed E-state index contributed by atoms with van der Waals surface area (Å²) in [6.07, 6.45) is 1.59. The fourth-order valence-corrected chi connectivity index (χ4v) is 3.10. The Morgan fingerprint density at radius 1 is 1.25 bits per heavy atom. The van der Waals surface area contributed by atoms with Crippen LogP contribution in [0.3, 0.4) is 0 Å². The Labute approximate surface area is 140 Å². The van der Waals surface area contributed by atoms with E-state index < -0.39 is 5.82 Å². The second-order valence-corrected chi connectivity index (χ2v) is 5.90. The molecule has 0 radical (unpaired) electrons. The number of hydrogen-bond donors (Lipinski definition) is 1. The van der Waals surface area contributed by atoms with Crippen LogP contribution in [0.15, 0.2) is 42.5 Å². The molecule has 0 spiro atoms. The molecule has 1 fully saturated rings. The fraction of sp³-hybridized carbons (Fsp3) is 0.316. The van der Waals surface area contributed by atoms with E-state index in [1.807, 2.05) is 24.3 Å². The number of amides is 1. The lowest BCUT2D eigenvalue weighted by atomic mass is 10.0. The highest BCUT2D eigenvalue weighted by atomic mass is 19.1. The third-order valence-electron chi connectivity index (χ3n) is 4.47. The molecule has 1 amide bonds. The zero-order valence-corrected chi connectivity index (χ0v) is 13.5. The minimum atomic E-state index is -0.545. The van der Waals surface area contributed by atoms with Crippen LogP contribution in [0.25, 0.3) is 11.1 Å². The summed E-state index contributed by atoms with van der Waals surface area (Å²) < 4.78 is 19.6. The molecule has 24 heavy (non-hydrogen) atoms. The molecule has 1 aliphatic heterocycles. The molecule has 4 nitrogen and oxygen atoms in total. The van der Waals surface area contributed by atoms with E-state index in [1.54, 1.807) is 18.1 Å². The second kappa shape index (κ2) is 7.01. The van der Waals surface area contributed by atoms with Crippen molar-refractivity contribution < 1.29 is 19.0 Å². The number of halogens is 1. The van der Waals surface area contributed by atoms with Gasteiger partial charge in [-0.05, 0) is 48.2 Å². The van der Waals surface area contributed by atoms with Crippen LogP contribution in [0.5, 0.6) is 5.75 Å². The van der Waals surface area contributed by atoms with E-state index in [4.69, 9.17) is 4.74 Å². The maximum Gasteiger partial charge on any atom is 0.257 e. The first kappa shape index (κ1) is 16.5. The molecule has 1 saturated heterocycles. The lowest BCUT2D eigenvalue weighted by molar-refractivity contribution is 0.0673. The van der Waals surface area contributed by atoms with Crippen LogP contribution in [0.1, 0.15) is 23.2 Å². The number of aliphatic hydroxyl groups excluding tert-OH is 1. The molecule has 1 aliphatic rings. The fourth-order valence-electron chi connectivity index (χ4n) is 3.10. The van der Waals surface area contributed by atoms with Gasteiger partial charge in [0.2, 0.25) is 0 Å². The van der Waals surface area contributed by atoms with Gasteiger partial charge < -0.3 is 14.7 Å². The Morgan fingerprint density at radius 2 is 1.96 bits per heavy atom. The first-order valence-electron chi connectivity index (χ1n) is 8.00. The predicted molar refractivity (Wildman–Crippen MR) is 89.5 cm³/mol. The van der Waals surface area contributed by atoms with Gasteiger partial charge in [-0.15, -0.1) is 0 Å². The molecule has 1 N–H and O–H groups in total. The maximum atomic E-state index is 14.5. The highest BCUT2D eigenvalue weighted by Gasteiger charge is 2.30. The third kappa shape index (κ3) is 3.12. The van der Waals surface area contributed by atoms with E-state index in [2.05, 4.69) is 0 Å². The number of ether oxygens (including phenoxy) is 1. The largest absolute Gasteiger partial charge is 0.497 e. The topological polar surface area (TPSA) is 49.8 Å². The van der Waals surface area contributed by atoms with Gasteiger partial charge >= 0.3 is 0 Å². The van der Waals surface area contributed by atoms with Crippen molar-refractivity contribution in [1.29, 1.82) is 0 Å². The van der Waals surface area contributed by atoms with Gasteiger partial charge in [-0.3, -0.25) is 4.79 Å².